The van der Waals surface area contributed by atoms with E-state index in [-0.39, 0.29) is 18.9 Å². The smallest absolute Gasteiger partial charge is 0.277 e. The Hall–Kier alpha value is -2.97. The zero-order valence-electron chi connectivity index (χ0n) is 16.6. The molecule has 2 N–H and O–H groups in total. The van der Waals surface area contributed by atoms with Gasteiger partial charge in [0.15, 0.2) is 6.61 Å². The van der Waals surface area contributed by atoms with Crippen molar-refractivity contribution in [3.05, 3.63) is 46.4 Å². The quantitative estimate of drug-likeness (QED) is 0.442. The highest BCUT2D eigenvalue weighted by molar-refractivity contribution is 6.32. The van der Waals surface area contributed by atoms with Crippen LogP contribution in [0.3, 0.4) is 0 Å². The molecule has 2 aromatic carbocycles. The molecule has 2 amide bonds. The number of amides is 2. The zero-order chi connectivity index (χ0) is 22.1. The molecule has 0 aromatic heterocycles. The average Bonchev–Trinajstić information content (AvgIpc) is 2.72. The van der Waals surface area contributed by atoms with Gasteiger partial charge in [0.2, 0.25) is 5.91 Å². The fourth-order valence-corrected chi connectivity index (χ4v) is 2.65. The van der Waals surface area contributed by atoms with Crippen molar-refractivity contribution < 1.29 is 23.8 Å². The summed E-state index contributed by atoms with van der Waals surface area (Å²) in [5.41, 5.74) is 3.13. The number of ether oxygens (including phenoxy) is 3. The molecule has 0 spiro atoms. The molecular weight excluding hydrogens is 433 g/mol. The SMILES string of the molecule is COc1cc(NC(=O)C/C(C)=N/NC(=O)COc2ccc(Cl)cc2)c(OC)cc1Cl. The van der Waals surface area contributed by atoms with Crippen molar-refractivity contribution in [2.75, 3.05) is 26.1 Å². The van der Waals surface area contributed by atoms with Crippen LogP contribution >= 0.6 is 23.2 Å². The maximum atomic E-state index is 12.3. The second-order valence-electron chi connectivity index (χ2n) is 6.04. The molecule has 160 valence electrons. The minimum atomic E-state index is -0.464. The van der Waals surface area contributed by atoms with Crippen molar-refractivity contribution in [2.45, 2.75) is 13.3 Å². The molecule has 10 heteroatoms. The van der Waals surface area contributed by atoms with E-state index in [1.165, 1.54) is 20.3 Å². The van der Waals surface area contributed by atoms with Crippen molar-refractivity contribution >= 4 is 46.4 Å². The van der Waals surface area contributed by atoms with E-state index in [0.29, 0.717) is 38.7 Å². The molecule has 0 heterocycles. The maximum absolute atomic E-state index is 12.3. The molecule has 0 fully saturated rings. The van der Waals surface area contributed by atoms with Gasteiger partial charge in [-0.25, -0.2) is 5.43 Å². The number of benzene rings is 2. The third kappa shape index (κ3) is 7.13. The number of anilines is 1. The highest BCUT2D eigenvalue weighted by Crippen LogP contribution is 2.35. The highest BCUT2D eigenvalue weighted by atomic mass is 35.5. The van der Waals surface area contributed by atoms with Gasteiger partial charge in [-0.05, 0) is 31.2 Å². The van der Waals surface area contributed by atoms with Gasteiger partial charge in [0.05, 0.1) is 31.4 Å². The molecule has 30 heavy (non-hydrogen) atoms. The van der Waals surface area contributed by atoms with E-state index in [1.54, 1.807) is 37.3 Å². The average molecular weight is 454 g/mol. The van der Waals surface area contributed by atoms with Crippen LogP contribution in [0.25, 0.3) is 0 Å². The summed E-state index contributed by atoms with van der Waals surface area (Å²) in [7, 11) is 2.93. The standard InChI is InChI=1S/C20H21Cl2N3O5/c1-12(24-25-20(27)11-30-14-6-4-13(21)5-7-14)8-19(26)23-16-10-17(28-2)15(22)9-18(16)29-3/h4-7,9-10H,8,11H2,1-3H3,(H,23,26)(H,25,27)/b24-12+. The van der Waals surface area contributed by atoms with E-state index in [1.807, 2.05) is 0 Å². The van der Waals surface area contributed by atoms with E-state index >= 15 is 0 Å². The van der Waals surface area contributed by atoms with Crippen LogP contribution in [-0.2, 0) is 9.59 Å². The summed E-state index contributed by atoms with van der Waals surface area (Å²) in [5, 5.41) is 7.53. The van der Waals surface area contributed by atoms with Gasteiger partial charge in [0.25, 0.3) is 5.91 Å². The summed E-state index contributed by atoms with van der Waals surface area (Å²) < 4.78 is 15.7. The predicted molar refractivity (Wildman–Crippen MR) is 116 cm³/mol. The first-order valence-electron chi connectivity index (χ1n) is 8.74. The van der Waals surface area contributed by atoms with Crippen LogP contribution in [0.4, 0.5) is 5.69 Å². The molecule has 0 bridgehead atoms. The Bertz CT molecular complexity index is 933. The van der Waals surface area contributed by atoms with Crippen LogP contribution < -0.4 is 25.0 Å². The first-order valence-corrected chi connectivity index (χ1v) is 9.49. The summed E-state index contributed by atoms with van der Waals surface area (Å²) in [6.07, 6.45) is -0.0492. The van der Waals surface area contributed by atoms with Gasteiger partial charge in [-0.3, -0.25) is 9.59 Å². The van der Waals surface area contributed by atoms with E-state index in [0.717, 1.165) is 0 Å². The van der Waals surface area contributed by atoms with Crippen LogP contribution in [0, 0.1) is 0 Å². The Balaban J connectivity index is 1.86. The minimum Gasteiger partial charge on any atom is -0.495 e. The number of hydrogen-bond donors (Lipinski definition) is 2. The minimum absolute atomic E-state index is 0.0492. The molecule has 0 atom stereocenters. The van der Waals surface area contributed by atoms with Crippen LogP contribution in [0.2, 0.25) is 10.0 Å². The van der Waals surface area contributed by atoms with Gasteiger partial charge in [-0.1, -0.05) is 23.2 Å². The maximum Gasteiger partial charge on any atom is 0.277 e. The molecule has 0 saturated heterocycles. The number of nitrogens with one attached hydrogen (secondary N) is 2. The van der Waals surface area contributed by atoms with E-state index in [2.05, 4.69) is 15.8 Å². The molecule has 0 saturated carbocycles. The molecule has 0 aliphatic heterocycles. The summed E-state index contributed by atoms with van der Waals surface area (Å²) in [4.78, 5) is 24.1. The summed E-state index contributed by atoms with van der Waals surface area (Å²) in [6, 6.07) is 9.70. The number of rotatable bonds is 9. The third-order valence-electron chi connectivity index (χ3n) is 3.72. The van der Waals surface area contributed by atoms with E-state index < -0.39 is 5.91 Å². The van der Waals surface area contributed by atoms with Crippen LogP contribution in [0.15, 0.2) is 41.5 Å². The van der Waals surface area contributed by atoms with Crippen molar-refractivity contribution in [3.8, 4) is 17.2 Å². The second-order valence-corrected chi connectivity index (χ2v) is 6.88. The lowest BCUT2D eigenvalue weighted by Gasteiger charge is -2.13. The Morgan fingerprint density at radius 2 is 1.67 bits per heavy atom. The summed E-state index contributed by atoms with van der Waals surface area (Å²) >= 11 is 11.8. The lowest BCUT2D eigenvalue weighted by Crippen LogP contribution is -2.26. The normalized spacial score (nSPS) is 10.9. The van der Waals surface area contributed by atoms with Crippen molar-refractivity contribution in [1.82, 2.24) is 5.43 Å². The van der Waals surface area contributed by atoms with Crippen molar-refractivity contribution in [1.29, 1.82) is 0 Å². The highest BCUT2D eigenvalue weighted by Gasteiger charge is 2.13. The van der Waals surface area contributed by atoms with Gasteiger partial charge in [0, 0.05) is 22.9 Å². The number of carbonyl (C=O) groups excluding carboxylic acids is 2. The Morgan fingerprint density at radius 1 is 1.00 bits per heavy atom. The first-order chi connectivity index (χ1) is 14.3. The molecule has 8 nitrogen and oxygen atoms in total. The Labute approximate surface area is 184 Å². The molecule has 2 rings (SSSR count). The van der Waals surface area contributed by atoms with Crippen LogP contribution in [-0.4, -0.2) is 38.4 Å². The number of halogens is 2. The van der Waals surface area contributed by atoms with Gasteiger partial charge in [0.1, 0.15) is 17.2 Å². The Morgan fingerprint density at radius 3 is 2.30 bits per heavy atom. The monoisotopic (exact) mass is 453 g/mol. The lowest BCUT2D eigenvalue weighted by atomic mass is 10.2. The molecule has 2 aromatic rings. The summed E-state index contributed by atoms with van der Waals surface area (Å²) in [6.45, 7) is 1.38. The van der Waals surface area contributed by atoms with Gasteiger partial charge in [-0.15, -0.1) is 0 Å². The second kappa shape index (κ2) is 11.3. The molecule has 0 radical (unpaired) electrons. The number of nitrogens with zero attached hydrogens (tertiary/aromatic N) is 1. The first kappa shape index (κ1) is 23.3. The number of carbonyl (C=O) groups is 2. The fourth-order valence-electron chi connectivity index (χ4n) is 2.29. The largest absolute Gasteiger partial charge is 0.495 e. The number of hydrogen-bond acceptors (Lipinski definition) is 6. The lowest BCUT2D eigenvalue weighted by molar-refractivity contribution is -0.123. The third-order valence-corrected chi connectivity index (χ3v) is 4.27. The molecule has 0 aliphatic rings. The Kier molecular flexibility index (Phi) is 8.76. The molecule has 0 aliphatic carbocycles. The van der Waals surface area contributed by atoms with Crippen LogP contribution in [0.5, 0.6) is 17.2 Å². The van der Waals surface area contributed by atoms with Crippen molar-refractivity contribution in [3.63, 3.8) is 0 Å². The molecule has 0 unspecified atom stereocenters. The summed E-state index contributed by atoms with van der Waals surface area (Å²) in [5.74, 6) is 0.462. The van der Waals surface area contributed by atoms with E-state index in [9.17, 15) is 9.59 Å². The predicted octanol–water partition coefficient (Wildman–Crippen LogP) is 3.91. The van der Waals surface area contributed by atoms with Gasteiger partial charge < -0.3 is 19.5 Å². The number of hydrazone groups is 1. The van der Waals surface area contributed by atoms with Crippen LogP contribution in [0.1, 0.15) is 13.3 Å². The van der Waals surface area contributed by atoms with Gasteiger partial charge >= 0.3 is 0 Å². The van der Waals surface area contributed by atoms with Gasteiger partial charge in [-0.2, -0.15) is 5.10 Å². The topological polar surface area (TPSA) is 98.2 Å². The fraction of sp³-hybridized carbons (Fsp3) is 0.250. The number of methoxy groups -OCH3 is 2. The molecular formula is C20H21Cl2N3O5. The zero-order valence-corrected chi connectivity index (χ0v) is 18.1. The van der Waals surface area contributed by atoms with Crippen molar-refractivity contribution in [2.24, 2.45) is 5.10 Å². The van der Waals surface area contributed by atoms with E-state index in [4.69, 9.17) is 37.4 Å².